The van der Waals surface area contributed by atoms with Crippen LogP contribution in [0.2, 0.25) is 0 Å². The van der Waals surface area contributed by atoms with Gasteiger partial charge in [0.2, 0.25) is 0 Å². The molecule has 2 aromatic rings. The van der Waals surface area contributed by atoms with E-state index in [-0.39, 0.29) is 6.10 Å². The maximum atomic E-state index is 5.77. The Morgan fingerprint density at radius 3 is 3.19 bits per heavy atom. The van der Waals surface area contributed by atoms with Crippen molar-refractivity contribution >= 4 is 10.9 Å². The fourth-order valence-corrected chi connectivity index (χ4v) is 2.31. The van der Waals surface area contributed by atoms with Gasteiger partial charge in [0.25, 0.3) is 0 Å². The smallest absolute Gasteiger partial charge is 0.112 e. The van der Waals surface area contributed by atoms with Crippen molar-refractivity contribution in [3.63, 3.8) is 0 Å². The molecule has 2 N–H and O–H groups in total. The number of rotatable bonds is 1. The van der Waals surface area contributed by atoms with Crippen LogP contribution in [0.3, 0.4) is 0 Å². The van der Waals surface area contributed by atoms with Gasteiger partial charge in [0, 0.05) is 25.1 Å². The van der Waals surface area contributed by atoms with E-state index in [0.29, 0.717) is 6.54 Å². The lowest BCUT2D eigenvalue weighted by Gasteiger charge is -2.13. The van der Waals surface area contributed by atoms with Crippen molar-refractivity contribution in [3.05, 3.63) is 30.0 Å². The van der Waals surface area contributed by atoms with Gasteiger partial charge in [-0.1, -0.05) is 18.2 Å². The minimum atomic E-state index is -0.0186. The van der Waals surface area contributed by atoms with Crippen molar-refractivity contribution in [1.29, 1.82) is 0 Å². The highest BCUT2D eigenvalue weighted by Crippen LogP contribution is 2.28. The molecule has 1 atom stereocenters. The second kappa shape index (κ2) is 3.88. The van der Waals surface area contributed by atoms with E-state index in [1.54, 1.807) is 0 Å². The molecule has 0 saturated heterocycles. The van der Waals surface area contributed by atoms with Crippen molar-refractivity contribution in [1.82, 2.24) is 9.78 Å². The number of nitrogens with zero attached hydrogens (tertiary/aromatic N) is 2. The number of fused-ring (bicyclic) bond motifs is 3. The molecule has 84 valence electrons. The summed E-state index contributed by atoms with van der Waals surface area (Å²) in [5.41, 5.74) is 7.94. The van der Waals surface area contributed by atoms with E-state index >= 15 is 0 Å². The molecule has 16 heavy (non-hydrogen) atoms. The summed E-state index contributed by atoms with van der Waals surface area (Å²) in [6, 6.07) is 8.16. The van der Waals surface area contributed by atoms with Crippen LogP contribution in [0.4, 0.5) is 0 Å². The Kier molecular flexibility index (Phi) is 2.38. The molecule has 1 unspecified atom stereocenters. The van der Waals surface area contributed by atoms with E-state index in [0.717, 1.165) is 30.8 Å². The van der Waals surface area contributed by atoms with E-state index < -0.39 is 0 Å². The standard InChI is InChI=1S/C12H15N3O/c13-8-11-12-9-4-1-2-5-10(9)14-15(12)6-3-7-16-11/h1-2,4-5,11H,3,6-8,13H2. The van der Waals surface area contributed by atoms with Crippen LogP contribution in [0.1, 0.15) is 18.2 Å². The second-order valence-corrected chi connectivity index (χ2v) is 4.07. The minimum Gasteiger partial charge on any atom is -0.371 e. The molecule has 0 aliphatic carbocycles. The molecule has 1 aliphatic rings. The van der Waals surface area contributed by atoms with Crippen LogP contribution in [-0.2, 0) is 11.3 Å². The van der Waals surface area contributed by atoms with Crippen LogP contribution in [0.5, 0.6) is 0 Å². The van der Waals surface area contributed by atoms with Crippen molar-refractivity contribution in [2.75, 3.05) is 13.2 Å². The lowest BCUT2D eigenvalue weighted by Crippen LogP contribution is -2.17. The van der Waals surface area contributed by atoms with E-state index in [1.165, 1.54) is 5.39 Å². The van der Waals surface area contributed by atoms with Gasteiger partial charge in [-0.2, -0.15) is 5.10 Å². The average Bonchev–Trinajstić information content (AvgIpc) is 2.56. The van der Waals surface area contributed by atoms with Gasteiger partial charge in [-0.15, -0.1) is 0 Å². The number of aromatic nitrogens is 2. The molecule has 0 saturated carbocycles. The molecule has 0 radical (unpaired) electrons. The van der Waals surface area contributed by atoms with Gasteiger partial charge in [0.05, 0.1) is 11.2 Å². The summed E-state index contributed by atoms with van der Waals surface area (Å²) < 4.78 is 7.81. The summed E-state index contributed by atoms with van der Waals surface area (Å²) in [6.07, 6.45) is 0.979. The minimum absolute atomic E-state index is 0.0186. The zero-order chi connectivity index (χ0) is 11.0. The predicted molar refractivity (Wildman–Crippen MR) is 62.1 cm³/mol. The van der Waals surface area contributed by atoms with Gasteiger partial charge in [-0.05, 0) is 12.5 Å². The first kappa shape index (κ1) is 9.81. The monoisotopic (exact) mass is 217 g/mol. The number of benzene rings is 1. The molecule has 0 bridgehead atoms. The van der Waals surface area contributed by atoms with Gasteiger partial charge in [0.15, 0.2) is 0 Å². The average molecular weight is 217 g/mol. The van der Waals surface area contributed by atoms with Crippen LogP contribution in [0, 0.1) is 0 Å². The summed E-state index contributed by atoms with van der Waals surface area (Å²) in [5, 5.41) is 5.76. The van der Waals surface area contributed by atoms with Gasteiger partial charge < -0.3 is 10.5 Å². The quantitative estimate of drug-likeness (QED) is 0.786. The molecule has 2 heterocycles. The number of aryl methyl sites for hydroxylation is 1. The van der Waals surface area contributed by atoms with E-state index in [1.807, 2.05) is 18.2 Å². The number of hydrogen-bond donors (Lipinski definition) is 1. The first-order chi connectivity index (χ1) is 7.90. The zero-order valence-corrected chi connectivity index (χ0v) is 9.10. The van der Waals surface area contributed by atoms with Crippen molar-refractivity contribution in [3.8, 4) is 0 Å². The highest BCUT2D eigenvalue weighted by atomic mass is 16.5. The molecule has 3 rings (SSSR count). The molecule has 0 amide bonds. The first-order valence-electron chi connectivity index (χ1n) is 5.67. The Morgan fingerprint density at radius 2 is 2.31 bits per heavy atom. The van der Waals surface area contributed by atoms with Crippen LogP contribution < -0.4 is 5.73 Å². The SMILES string of the molecule is NCC1OCCCn2nc3ccccc3c21. The highest BCUT2D eigenvalue weighted by molar-refractivity contribution is 5.81. The first-order valence-corrected chi connectivity index (χ1v) is 5.67. The number of nitrogens with two attached hydrogens (primary N) is 1. The Balaban J connectivity index is 2.23. The third-order valence-electron chi connectivity index (χ3n) is 3.04. The van der Waals surface area contributed by atoms with Gasteiger partial charge >= 0.3 is 0 Å². The van der Waals surface area contributed by atoms with Crippen LogP contribution >= 0.6 is 0 Å². The normalized spacial score (nSPS) is 20.7. The van der Waals surface area contributed by atoms with Crippen molar-refractivity contribution in [2.45, 2.75) is 19.1 Å². The van der Waals surface area contributed by atoms with E-state index in [2.05, 4.69) is 15.8 Å². The van der Waals surface area contributed by atoms with Gasteiger partial charge in [-0.3, -0.25) is 4.68 Å². The van der Waals surface area contributed by atoms with Crippen LogP contribution in [0.25, 0.3) is 10.9 Å². The van der Waals surface area contributed by atoms with E-state index in [9.17, 15) is 0 Å². The molecular weight excluding hydrogens is 202 g/mol. The molecular formula is C12H15N3O. The van der Waals surface area contributed by atoms with Crippen LogP contribution in [0.15, 0.2) is 24.3 Å². The fourth-order valence-electron chi connectivity index (χ4n) is 2.31. The summed E-state index contributed by atoms with van der Waals surface area (Å²) in [4.78, 5) is 0. The zero-order valence-electron chi connectivity index (χ0n) is 9.10. The lowest BCUT2D eigenvalue weighted by molar-refractivity contribution is 0.0629. The molecule has 0 fully saturated rings. The van der Waals surface area contributed by atoms with Crippen molar-refractivity contribution < 1.29 is 4.74 Å². The Morgan fingerprint density at radius 1 is 1.44 bits per heavy atom. The van der Waals surface area contributed by atoms with E-state index in [4.69, 9.17) is 10.5 Å². The lowest BCUT2D eigenvalue weighted by atomic mass is 10.1. The third-order valence-corrected chi connectivity index (χ3v) is 3.04. The molecule has 1 aromatic heterocycles. The summed E-state index contributed by atoms with van der Waals surface area (Å²) >= 11 is 0. The fraction of sp³-hybridized carbons (Fsp3) is 0.417. The maximum absolute atomic E-state index is 5.77. The Bertz CT molecular complexity index is 506. The largest absolute Gasteiger partial charge is 0.371 e. The molecule has 1 aromatic carbocycles. The highest BCUT2D eigenvalue weighted by Gasteiger charge is 2.22. The molecule has 4 heteroatoms. The number of hydrogen-bond acceptors (Lipinski definition) is 3. The molecule has 1 aliphatic heterocycles. The Hall–Kier alpha value is -1.39. The Labute approximate surface area is 94.0 Å². The molecule has 4 nitrogen and oxygen atoms in total. The summed E-state index contributed by atoms with van der Waals surface area (Å²) in [6.45, 7) is 2.19. The second-order valence-electron chi connectivity index (χ2n) is 4.07. The van der Waals surface area contributed by atoms with Gasteiger partial charge in [0.1, 0.15) is 6.10 Å². The molecule has 0 spiro atoms. The van der Waals surface area contributed by atoms with Crippen LogP contribution in [-0.4, -0.2) is 22.9 Å². The maximum Gasteiger partial charge on any atom is 0.112 e. The topological polar surface area (TPSA) is 53.1 Å². The predicted octanol–water partition coefficient (Wildman–Crippen LogP) is 1.46. The third kappa shape index (κ3) is 1.42. The number of ether oxygens (including phenoxy) is 1. The van der Waals surface area contributed by atoms with Gasteiger partial charge in [-0.25, -0.2) is 0 Å². The summed E-state index contributed by atoms with van der Waals surface area (Å²) in [7, 11) is 0. The van der Waals surface area contributed by atoms with Crippen molar-refractivity contribution in [2.24, 2.45) is 5.73 Å². The summed E-state index contributed by atoms with van der Waals surface area (Å²) in [5.74, 6) is 0.